The van der Waals surface area contributed by atoms with E-state index in [9.17, 15) is 0 Å². The molecule has 0 spiro atoms. The number of hydrogen-bond acceptors (Lipinski definition) is 3. The Balaban J connectivity index is 1.78. The van der Waals surface area contributed by atoms with E-state index in [-0.39, 0.29) is 0 Å². The molecule has 0 N–H and O–H groups in total. The average molecular weight is 168 g/mol. The first-order chi connectivity index (χ1) is 5.86. The maximum Gasteiger partial charge on any atom is 0.185 e. The molecular weight excluding hydrogens is 151 g/mol. The summed E-state index contributed by atoms with van der Waals surface area (Å²) in [6.07, 6.45) is 1.21. The Kier molecular flexibility index (Phi) is 2.68. The van der Waals surface area contributed by atoms with Gasteiger partial charge in [-0.1, -0.05) is 0 Å². The van der Waals surface area contributed by atoms with Crippen molar-refractivity contribution in [2.75, 3.05) is 39.4 Å². The molecule has 0 bridgehead atoms. The van der Waals surface area contributed by atoms with Crippen molar-refractivity contribution < 1.29 is 4.74 Å². The molecule has 0 amide bonds. The van der Waals surface area contributed by atoms with Gasteiger partial charge in [-0.2, -0.15) is 0 Å². The molecule has 0 saturated carbocycles. The minimum absolute atomic E-state index is 0.816. The molecule has 2 saturated heterocycles. The Labute approximate surface area is 75.1 Å². The average Bonchev–Trinajstić information content (AvgIpc) is 2.26. The van der Waals surface area contributed by atoms with E-state index in [4.69, 9.17) is 4.74 Å². The van der Waals surface area contributed by atoms with Crippen molar-refractivity contribution in [1.29, 1.82) is 0 Å². The van der Waals surface area contributed by atoms with Crippen LogP contribution in [0.25, 0.3) is 0 Å². The van der Waals surface area contributed by atoms with Crippen molar-refractivity contribution >= 4 is 7.98 Å². The van der Waals surface area contributed by atoms with Gasteiger partial charge >= 0.3 is 0 Å². The third-order valence-corrected chi connectivity index (χ3v) is 2.82. The van der Waals surface area contributed by atoms with Crippen molar-refractivity contribution in [1.82, 2.24) is 9.71 Å². The van der Waals surface area contributed by atoms with Gasteiger partial charge in [-0.25, -0.2) is 0 Å². The van der Waals surface area contributed by atoms with Crippen molar-refractivity contribution in [3.05, 3.63) is 0 Å². The van der Waals surface area contributed by atoms with Gasteiger partial charge in [0.15, 0.2) is 7.98 Å². The molecule has 12 heavy (non-hydrogen) atoms. The fourth-order valence-corrected chi connectivity index (χ4v) is 2.03. The highest BCUT2D eigenvalue weighted by molar-refractivity contribution is 6.04. The zero-order valence-corrected chi connectivity index (χ0v) is 7.83. The molecule has 0 aromatic rings. The lowest BCUT2D eigenvalue weighted by Gasteiger charge is -2.43. The summed E-state index contributed by atoms with van der Waals surface area (Å²) in [7, 11) is 2.19. The zero-order chi connectivity index (χ0) is 8.39. The Bertz CT molecular complexity index is 142. The molecule has 0 aromatic carbocycles. The predicted octanol–water partition coefficient (Wildman–Crippen LogP) is -1.06. The van der Waals surface area contributed by atoms with Crippen molar-refractivity contribution in [3.63, 3.8) is 0 Å². The third kappa shape index (κ3) is 1.81. The van der Waals surface area contributed by atoms with E-state index in [2.05, 4.69) is 17.7 Å². The third-order valence-electron chi connectivity index (χ3n) is 2.82. The topological polar surface area (TPSA) is 15.7 Å². The maximum absolute atomic E-state index is 5.42. The molecule has 68 valence electrons. The van der Waals surface area contributed by atoms with Crippen LogP contribution in [0.4, 0.5) is 0 Å². The molecular formula is C8H17BN2O. The van der Waals surface area contributed by atoms with Crippen LogP contribution in [0, 0.1) is 0 Å². The number of nitrogens with zero attached hydrogens (tertiary/aromatic N) is 2. The van der Waals surface area contributed by atoms with Crippen LogP contribution in [0.5, 0.6) is 0 Å². The minimum Gasteiger partial charge on any atom is -0.380 e. The first-order valence-corrected chi connectivity index (χ1v) is 4.86. The van der Waals surface area contributed by atoms with Crippen LogP contribution >= 0.6 is 0 Å². The van der Waals surface area contributed by atoms with Crippen molar-refractivity contribution in [3.8, 4) is 0 Å². The van der Waals surface area contributed by atoms with Gasteiger partial charge < -0.3 is 9.55 Å². The molecule has 0 aliphatic carbocycles. The number of ether oxygens (including phenoxy) is 1. The van der Waals surface area contributed by atoms with Gasteiger partial charge in [-0.15, -0.1) is 0 Å². The van der Waals surface area contributed by atoms with Crippen LogP contribution in [0.1, 0.15) is 6.42 Å². The van der Waals surface area contributed by atoms with Gasteiger partial charge in [0.2, 0.25) is 0 Å². The highest BCUT2D eigenvalue weighted by Gasteiger charge is 2.28. The minimum atomic E-state index is 0.816. The molecule has 2 heterocycles. The van der Waals surface area contributed by atoms with Gasteiger partial charge in [0, 0.05) is 38.8 Å². The second-order valence-electron chi connectivity index (χ2n) is 3.88. The summed E-state index contributed by atoms with van der Waals surface area (Å²) in [5, 5.41) is 0. The highest BCUT2D eigenvalue weighted by Crippen LogP contribution is 2.13. The van der Waals surface area contributed by atoms with Crippen molar-refractivity contribution in [2.45, 2.75) is 12.5 Å². The Hall–Kier alpha value is -0.0551. The van der Waals surface area contributed by atoms with Gasteiger partial charge in [-0.05, 0) is 6.42 Å². The summed E-state index contributed by atoms with van der Waals surface area (Å²) in [5.74, 6) is 0. The molecule has 0 aromatic heterocycles. The van der Waals surface area contributed by atoms with Gasteiger partial charge in [0.1, 0.15) is 0 Å². The van der Waals surface area contributed by atoms with Gasteiger partial charge in [0.05, 0.1) is 6.61 Å². The first kappa shape index (κ1) is 8.54. The molecule has 0 atom stereocenters. The van der Waals surface area contributed by atoms with Crippen LogP contribution in [-0.2, 0) is 4.74 Å². The molecule has 0 unspecified atom stereocenters. The molecule has 2 fully saturated rings. The molecule has 4 heteroatoms. The lowest BCUT2D eigenvalue weighted by Crippen LogP contribution is -2.58. The SMILES string of the molecule is BN1CC(N2CCCOCC2)C1. The van der Waals surface area contributed by atoms with E-state index < -0.39 is 0 Å². The lowest BCUT2D eigenvalue weighted by atomic mass is 10.0. The highest BCUT2D eigenvalue weighted by atomic mass is 16.5. The summed E-state index contributed by atoms with van der Waals surface area (Å²) in [6.45, 7) is 6.76. The summed E-state index contributed by atoms with van der Waals surface area (Å²) in [5.41, 5.74) is 0. The second-order valence-corrected chi connectivity index (χ2v) is 3.88. The second kappa shape index (κ2) is 3.77. The summed E-state index contributed by atoms with van der Waals surface area (Å²) in [6, 6.07) is 0.816. The fraction of sp³-hybridized carbons (Fsp3) is 1.00. The van der Waals surface area contributed by atoms with Crippen LogP contribution < -0.4 is 0 Å². The van der Waals surface area contributed by atoms with E-state index in [0.29, 0.717) is 0 Å². The largest absolute Gasteiger partial charge is 0.380 e. The standard InChI is InChI=1S/C8H17BN2O/c9-11-6-8(7-11)10-2-1-4-12-5-3-10/h8H,1-7,9H2. The summed E-state index contributed by atoms with van der Waals surface area (Å²) < 4.78 is 5.42. The molecule has 3 nitrogen and oxygen atoms in total. The normalized spacial score (nSPS) is 29.7. The monoisotopic (exact) mass is 168 g/mol. The van der Waals surface area contributed by atoms with E-state index in [1.165, 1.54) is 26.1 Å². The lowest BCUT2D eigenvalue weighted by molar-refractivity contribution is 0.0809. The Morgan fingerprint density at radius 3 is 2.75 bits per heavy atom. The van der Waals surface area contributed by atoms with Crippen molar-refractivity contribution in [2.24, 2.45) is 0 Å². The number of hydrogen-bond donors (Lipinski definition) is 0. The van der Waals surface area contributed by atoms with E-state index in [1.54, 1.807) is 0 Å². The van der Waals surface area contributed by atoms with Crippen LogP contribution in [0.3, 0.4) is 0 Å². The molecule has 2 aliphatic heterocycles. The van der Waals surface area contributed by atoms with E-state index in [0.717, 1.165) is 25.8 Å². The Morgan fingerprint density at radius 1 is 1.17 bits per heavy atom. The van der Waals surface area contributed by atoms with E-state index >= 15 is 0 Å². The van der Waals surface area contributed by atoms with Crippen LogP contribution in [0.15, 0.2) is 0 Å². The fourth-order valence-electron chi connectivity index (χ4n) is 2.03. The number of rotatable bonds is 1. The Morgan fingerprint density at radius 2 is 2.00 bits per heavy atom. The predicted molar refractivity (Wildman–Crippen MR) is 50.9 cm³/mol. The quantitative estimate of drug-likeness (QED) is 0.464. The summed E-state index contributed by atoms with van der Waals surface area (Å²) in [4.78, 5) is 4.95. The van der Waals surface area contributed by atoms with Gasteiger partial charge in [-0.3, -0.25) is 4.90 Å². The van der Waals surface area contributed by atoms with E-state index in [1.807, 2.05) is 0 Å². The van der Waals surface area contributed by atoms with Crippen LogP contribution in [0.2, 0.25) is 0 Å². The molecule has 0 radical (unpaired) electrons. The molecule has 2 rings (SSSR count). The zero-order valence-electron chi connectivity index (χ0n) is 7.83. The van der Waals surface area contributed by atoms with Gasteiger partial charge in [0.25, 0.3) is 0 Å². The molecule has 2 aliphatic rings. The summed E-state index contributed by atoms with van der Waals surface area (Å²) >= 11 is 0. The smallest absolute Gasteiger partial charge is 0.185 e. The van der Waals surface area contributed by atoms with Crippen LogP contribution in [-0.4, -0.2) is 63.1 Å². The first-order valence-electron chi connectivity index (χ1n) is 4.86. The maximum atomic E-state index is 5.42.